The normalized spacial score (nSPS) is 50.3. The highest BCUT2D eigenvalue weighted by molar-refractivity contribution is 5.83. The Morgan fingerprint density at radius 2 is 1.57 bits per heavy atom. The second-order valence-corrected chi connectivity index (χ2v) is 16.2. The molecular weight excluding hydrogens is 666 g/mol. The highest BCUT2D eigenvalue weighted by Crippen LogP contribution is 2.49. The molecule has 0 bridgehead atoms. The fourth-order valence-corrected chi connectivity index (χ4v) is 8.71. The van der Waals surface area contributed by atoms with Crippen molar-refractivity contribution in [3.8, 4) is 0 Å². The van der Waals surface area contributed by atoms with E-state index in [-0.39, 0.29) is 49.4 Å². The van der Waals surface area contributed by atoms with Gasteiger partial charge in [-0.05, 0) is 68.0 Å². The number of aliphatic hydroxyl groups is 3. The van der Waals surface area contributed by atoms with Crippen molar-refractivity contribution < 1.29 is 62.8 Å². The second kappa shape index (κ2) is 16.2. The van der Waals surface area contributed by atoms with Crippen LogP contribution in [-0.4, -0.2) is 145 Å². The number of fused-ring (bicyclic) bond motifs is 1. The van der Waals surface area contributed by atoms with Crippen LogP contribution in [0.1, 0.15) is 88.0 Å². The maximum atomic E-state index is 14.1. The fraction of sp³-hybridized carbons (Fsp3) is 0.946. The van der Waals surface area contributed by atoms with E-state index in [0.29, 0.717) is 6.42 Å². The fourth-order valence-electron chi connectivity index (χ4n) is 8.71. The second-order valence-electron chi connectivity index (χ2n) is 16.2. The Kier molecular flexibility index (Phi) is 13.5. The first-order valence-electron chi connectivity index (χ1n) is 18.6. The van der Waals surface area contributed by atoms with Crippen LogP contribution in [0.25, 0.3) is 0 Å². The van der Waals surface area contributed by atoms with Gasteiger partial charge in [-0.2, -0.15) is 0 Å². The Morgan fingerprint density at radius 3 is 2.14 bits per heavy atom. The highest BCUT2D eigenvalue weighted by Gasteiger charge is 2.65. The quantitative estimate of drug-likeness (QED) is 0.245. The van der Waals surface area contributed by atoms with Crippen molar-refractivity contribution in [3.05, 3.63) is 0 Å². The van der Waals surface area contributed by atoms with Crippen molar-refractivity contribution >= 4 is 11.8 Å². The van der Waals surface area contributed by atoms with Crippen LogP contribution in [0.2, 0.25) is 0 Å². The lowest BCUT2D eigenvalue weighted by Gasteiger charge is -2.49. The molecule has 4 saturated heterocycles. The number of Topliss-reactive ketones (excluding diaryl/α,β-unsaturated/α-hetero) is 1. The van der Waals surface area contributed by atoms with Crippen LogP contribution in [0, 0.1) is 23.7 Å². The van der Waals surface area contributed by atoms with Gasteiger partial charge in [0.05, 0.1) is 48.5 Å². The number of cyclic esters (lactones) is 1. The summed E-state index contributed by atoms with van der Waals surface area (Å²) in [5, 5.41) is 34.6. The zero-order chi connectivity index (χ0) is 38.4. The number of likely N-dealkylation sites (N-methyl/N-ethyl adjacent to an activating group) is 1. The zero-order valence-corrected chi connectivity index (χ0v) is 32.9. The van der Waals surface area contributed by atoms with Gasteiger partial charge in [-0.15, -0.1) is 0 Å². The molecule has 0 aromatic rings. The molecule has 0 saturated carbocycles. The van der Waals surface area contributed by atoms with E-state index in [0.717, 1.165) is 0 Å². The molecule has 0 aliphatic carbocycles. The largest absolute Gasteiger partial charge is 0.459 e. The summed E-state index contributed by atoms with van der Waals surface area (Å²) >= 11 is 0. The lowest BCUT2D eigenvalue weighted by Crippen LogP contribution is -2.61. The smallest absolute Gasteiger partial charge is 0.311 e. The minimum Gasteiger partial charge on any atom is -0.459 e. The molecule has 0 aromatic carbocycles. The van der Waals surface area contributed by atoms with E-state index < -0.39 is 89.7 Å². The predicted molar refractivity (Wildman–Crippen MR) is 184 cm³/mol. The van der Waals surface area contributed by atoms with Gasteiger partial charge < -0.3 is 58.1 Å². The third-order valence-electron chi connectivity index (χ3n) is 12.1. The number of epoxide rings is 1. The van der Waals surface area contributed by atoms with Crippen molar-refractivity contribution in [2.75, 3.05) is 28.3 Å². The van der Waals surface area contributed by atoms with Crippen LogP contribution in [0.5, 0.6) is 0 Å². The molecule has 0 amide bonds. The predicted octanol–water partition coefficient (Wildman–Crippen LogP) is 2.42. The van der Waals surface area contributed by atoms with Crippen LogP contribution < -0.4 is 0 Å². The standard InChI is InChI=1S/C37H65NO13/c1-14-25-36(9,43)30(41)20(4)27(39)18(2)16-35(8,44-12)31(50-34-28(40)24(38(10)11)15-19(3)46-34)21(5)29(22(6)33(42)48-25)49-26-17-37(45-13)32(51-37)23(7)47-26/h18-26,28-32,34,40-41,43H,14-17H2,1-13H3/t18-,19?,20+,21+,22-,23?,24?,25-,26?,28?,29+,30-,31-,32?,34?,35+,36-,37?/m1/s1. The topological polar surface area (TPSA) is 175 Å². The molecular formula is C37H65NO13. The Hall–Kier alpha value is -1.30. The Labute approximate surface area is 303 Å². The molecule has 14 heteroatoms. The molecule has 0 aromatic heterocycles. The first kappa shape index (κ1) is 42.4. The van der Waals surface area contributed by atoms with Gasteiger partial charge in [-0.3, -0.25) is 9.59 Å². The number of esters is 1. The van der Waals surface area contributed by atoms with E-state index in [4.69, 9.17) is 37.9 Å². The van der Waals surface area contributed by atoms with E-state index >= 15 is 0 Å². The average molecular weight is 732 g/mol. The molecule has 4 rings (SSSR count). The van der Waals surface area contributed by atoms with E-state index in [1.54, 1.807) is 34.8 Å². The van der Waals surface area contributed by atoms with Crippen molar-refractivity contribution in [2.24, 2.45) is 23.7 Å². The molecule has 3 N–H and O–H groups in total. The molecule has 0 radical (unpaired) electrons. The van der Waals surface area contributed by atoms with Gasteiger partial charge in [0.15, 0.2) is 12.6 Å². The highest BCUT2D eigenvalue weighted by atomic mass is 16.8. The van der Waals surface area contributed by atoms with Crippen LogP contribution in [0.3, 0.4) is 0 Å². The van der Waals surface area contributed by atoms with E-state index in [1.807, 2.05) is 46.7 Å². The summed E-state index contributed by atoms with van der Waals surface area (Å²) in [5.74, 6) is -5.18. The molecule has 8 unspecified atom stereocenters. The molecule has 14 nitrogen and oxygen atoms in total. The number of aliphatic hydroxyl groups excluding tert-OH is 2. The maximum absolute atomic E-state index is 14.1. The maximum Gasteiger partial charge on any atom is 0.311 e. The van der Waals surface area contributed by atoms with Gasteiger partial charge in [-0.25, -0.2) is 0 Å². The molecule has 296 valence electrons. The van der Waals surface area contributed by atoms with Gasteiger partial charge in [0.1, 0.15) is 29.7 Å². The number of methoxy groups -OCH3 is 2. The summed E-state index contributed by atoms with van der Waals surface area (Å²) in [6, 6.07) is -0.266. The molecule has 18 atom stereocenters. The Bertz CT molecular complexity index is 1200. The summed E-state index contributed by atoms with van der Waals surface area (Å²) in [4.78, 5) is 30.0. The third-order valence-corrected chi connectivity index (χ3v) is 12.1. The summed E-state index contributed by atoms with van der Waals surface area (Å²) < 4.78 is 49.9. The number of carbonyl (C=O) groups excluding carboxylic acids is 2. The number of hydrogen-bond acceptors (Lipinski definition) is 14. The lowest BCUT2D eigenvalue weighted by atomic mass is 9.74. The average Bonchev–Trinajstić information content (AvgIpc) is 3.83. The Morgan fingerprint density at radius 1 is 0.922 bits per heavy atom. The van der Waals surface area contributed by atoms with Crippen LogP contribution >= 0.6 is 0 Å². The molecule has 4 fully saturated rings. The third kappa shape index (κ3) is 8.51. The number of ether oxygens (including phenoxy) is 8. The first-order valence-corrected chi connectivity index (χ1v) is 18.6. The molecule has 51 heavy (non-hydrogen) atoms. The van der Waals surface area contributed by atoms with Gasteiger partial charge in [0, 0.05) is 38.0 Å². The van der Waals surface area contributed by atoms with Crippen molar-refractivity contribution in [1.29, 1.82) is 0 Å². The molecule has 0 spiro atoms. The number of carbonyl (C=O) groups is 2. The van der Waals surface area contributed by atoms with Crippen molar-refractivity contribution in [2.45, 2.75) is 172 Å². The minimum atomic E-state index is -1.94. The first-order chi connectivity index (χ1) is 23.7. The summed E-state index contributed by atoms with van der Waals surface area (Å²) in [7, 11) is 6.87. The van der Waals surface area contributed by atoms with Crippen LogP contribution in [-0.2, 0) is 47.5 Å². The summed E-state index contributed by atoms with van der Waals surface area (Å²) in [5.41, 5.74) is -3.17. The van der Waals surface area contributed by atoms with Crippen molar-refractivity contribution in [1.82, 2.24) is 4.90 Å². The molecule has 4 heterocycles. The summed E-state index contributed by atoms with van der Waals surface area (Å²) in [6.07, 6.45) is -7.26. The van der Waals surface area contributed by atoms with Gasteiger partial charge >= 0.3 is 5.97 Å². The van der Waals surface area contributed by atoms with Gasteiger partial charge in [0.25, 0.3) is 0 Å². The van der Waals surface area contributed by atoms with E-state index in [2.05, 4.69) is 0 Å². The van der Waals surface area contributed by atoms with Crippen LogP contribution in [0.15, 0.2) is 0 Å². The number of nitrogens with zero attached hydrogens (tertiary/aromatic N) is 1. The van der Waals surface area contributed by atoms with Crippen molar-refractivity contribution in [3.63, 3.8) is 0 Å². The lowest BCUT2D eigenvalue weighted by molar-refractivity contribution is -0.309. The SMILES string of the molecule is CC[C@H]1OC(=O)[C@H](C)[C@@H](OC2CC3(OC)OC3C(C)O2)[C@H](C)[C@@H](OC2OC(C)CC(N(C)C)C2O)[C@@](C)(OC)C[C@@H](C)C(=O)[C@H](C)[C@@H](O)[C@]1(C)O. The van der Waals surface area contributed by atoms with Gasteiger partial charge in [0.2, 0.25) is 5.79 Å². The zero-order valence-electron chi connectivity index (χ0n) is 32.9. The molecule has 4 aliphatic rings. The number of ketones is 1. The van der Waals surface area contributed by atoms with Gasteiger partial charge in [-0.1, -0.05) is 27.7 Å². The minimum absolute atomic E-state index is 0.133. The van der Waals surface area contributed by atoms with E-state index in [9.17, 15) is 24.9 Å². The van der Waals surface area contributed by atoms with Crippen LogP contribution in [0.4, 0.5) is 0 Å². The molecule has 4 aliphatic heterocycles. The number of rotatable bonds is 8. The summed E-state index contributed by atoms with van der Waals surface area (Å²) in [6.45, 7) is 15.6. The number of hydrogen-bond donors (Lipinski definition) is 3. The Balaban J connectivity index is 1.83. The van der Waals surface area contributed by atoms with E-state index in [1.165, 1.54) is 14.0 Å². The monoisotopic (exact) mass is 731 g/mol.